The van der Waals surface area contributed by atoms with Gasteiger partial charge in [-0.05, 0) is 44.0 Å². The van der Waals surface area contributed by atoms with E-state index in [1.54, 1.807) is 12.1 Å². The van der Waals surface area contributed by atoms with E-state index in [1.807, 2.05) is 35.0 Å². The molecule has 2 N–H and O–H groups in total. The van der Waals surface area contributed by atoms with Crippen LogP contribution in [-0.2, 0) is 6.42 Å². The third-order valence-electron chi connectivity index (χ3n) is 4.46. The van der Waals surface area contributed by atoms with E-state index in [0.717, 1.165) is 41.9 Å². The van der Waals surface area contributed by atoms with Gasteiger partial charge in [0.2, 0.25) is 5.91 Å². The lowest BCUT2D eigenvalue weighted by Gasteiger charge is -2.05. The smallest absolute Gasteiger partial charge is 0.248 e. The topological polar surface area (TPSA) is 60.9 Å². The lowest BCUT2D eigenvalue weighted by Crippen LogP contribution is -2.10. The minimum absolute atomic E-state index is 0.413. The van der Waals surface area contributed by atoms with Gasteiger partial charge in [0.25, 0.3) is 0 Å². The Bertz CT molecular complexity index is 864. The molecule has 0 saturated carbocycles. The Morgan fingerprint density at radius 3 is 2.36 bits per heavy atom. The molecule has 0 bridgehead atoms. The summed E-state index contributed by atoms with van der Waals surface area (Å²) in [6.07, 6.45) is 3.24. The van der Waals surface area contributed by atoms with Crippen LogP contribution in [0.25, 0.3) is 16.9 Å². The van der Waals surface area contributed by atoms with Crippen LogP contribution in [-0.4, -0.2) is 15.7 Å². The van der Waals surface area contributed by atoms with Crippen LogP contribution in [0, 0.1) is 6.92 Å². The molecule has 0 radical (unpaired) electrons. The maximum absolute atomic E-state index is 11.3. The zero-order chi connectivity index (χ0) is 17.8. The van der Waals surface area contributed by atoms with Gasteiger partial charge < -0.3 is 5.73 Å². The lowest BCUT2D eigenvalue weighted by atomic mass is 10.0. The fourth-order valence-electron chi connectivity index (χ4n) is 3.03. The Morgan fingerprint density at radius 1 is 1.08 bits per heavy atom. The largest absolute Gasteiger partial charge is 0.366 e. The Hall–Kier alpha value is -2.88. The zero-order valence-corrected chi connectivity index (χ0v) is 14.7. The van der Waals surface area contributed by atoms with E-state index in [1.165, 1.54) is 5.56 Å². The number of carbonyl (C=O) groups is 1. The molecule has 3 rings (SSSR count). The van der Waals surface area contributed by atoms with Crippen LogP contribution in [0.1, 0.15) is 41.4 Å². The van der Waals surface area contributed by atoms with Crippen molar-refractivity contribution in [1.82, 2.24) is 9.78 Å². The van der Waals surface area contributed by atoms with E-state index < -0.39 is 5.91 Å². The second kappa shape index (κ2) is 7.34. The van der Waals surface area contributed by atoms with E-state index >= 15 is 0 Å². The van der Waals surface area contributed by atoms with Crippen molar-refractivity contribution in [2.24, 2.45) is 5.73 Å². The first-order chi connectivity index (χ1) is 12.1. The first-order valence-corrected chi connectivity index (χ1v) is 8.66. The minimum Gasteiger partial charge on any atom is -0.366 e. The van der Waals surface area contributed by atoms with Crippen molar-refractivity contribution >= 4 is 5.91 Å². The number of carbonyl (C=O) groups excluding carboxylic acids is 1. The van der Waals surface area contributed by atoms with Crippen LogP contribution < -0.4 is 5.73 Å². The summed E-state index contributed by atoms with van der Waals surface area (Å²) in [6.45, 7) is 4.31. The Morgan fingerprint density at radius 2 is 1.76 bits per heavy atom. The number of amides is 1. The van der Waals surface area contributed by atoms with Gasteiger partial charge in [0.05, 0.1) is 11.4 Å². The number of rotatable bonds is 6. The van der Waals surface area contributed by atoms with Gasteiger partial charge in [0, 0.05) is 22.4 Å². The molecule has 0 unspecified atom stereocenters. The summed E-state index contributed by atoms with van der Waals surface area (Å²) >= 11 is 0. The highest BCUT2D eigenvalue weighted by molar-refractivity contribution is 5.93. The molecule has 0 spiro atoms. The first kappa shape index (κ1) is 17.0. The van der Waals surface area contributed by atoms with Crippen molar-refractivity contribution < 1.29 is 4.79 Å². The van der Waals surface area contributed by atoms with Gasteiger partial charge in [0.15, 0.2) is 0 Å². The Labute approximate surface area is 148 Å². The third kappa shape index (κ3) is 3.48. The van der Waals surface area contributed by atoms with Gasteiger partial charge in [-0.2, -0.15) is 5.10 Å². The molecule has 1 aromatic heterocycles. The molecular formula is C21H23N3O. The van der Waals surface area contributed by atoms with E-state index in [0.29, 0.717) is 5.56 Å². The second-order valence-electron chi connectivity index (χ2n) is 6.21. The molecule has 0 aliphatic carbocycles. The van der Waals surface area contributed by atoms with Gasteiger partial charge in [-0.15, -0.1) is 0 Å². The number of nitrogens with two attached hydrogens (primary N) is 1. The molecule has 2 aromatic carbocycles. The number of unbranched alkanes of at least 4 members (excludes halogenated alkanes) is 1. The van der Waals surface area contributed by atoms with E-state index in [2.05, 4.69) is 26.0 Å². The average Bonchev–Trinajstić information content (AvgIpc) is 2.97. The summed E-state index contributed by atoms with van der Waals surface area (Å²) in [5.74, 6) is -0.413. The monoisotopic (exact) mass is 333 g/mol. The van der Waals surface area contributed by atoms with Crippen LogP contribution in [0.3, 0.4) is 0 Å². The highest BCUT2D eigenvalue weighted by Gasteiger charge is 2.17. The first-order valence-electron chi connectivity index (χ1n) is 8.66. The van der Waals surface area contributed by atoms with Gasteiger partial charge in [-0.3, -0.25) is 4.79 Å². The molecule has 1 heterocycles. The van der Waals surface area contributed by atoms with Crippen LogP contribution in [0.15, 0.2) is 54.6 Å². The van der Waals surface area contributed by atoms with Crippen molar-refractivity contribution in [2.75, 3.05) is 0 Å². The highest BCUT2D eigenvalue weighted by Crippen LogP contribution is 2.29. The van der Waals surface area contributed by atoms with Gasteiger partial charge in [-0.1, -0.05) is 43.7 Å². The fraction of sp³-hybridized carbons (Fsp3) is 0.238. The third-order valence-corrected chi connectivity index (χ3v) is 4.46. The normalized spacial score (nSPS) is 10.8. The maximum Gasteiger partial charge on any atom is 0.248 e. The standard InChI is InChI=1S/C21H23N3O/c1-3-4-10-19-15(2)24(18-8-6-5-7-9-18)23-20(19)16-11-13-17(14-12-16)21(22)25/h5-9,11-14H,3-4,10H2,1-2H3,(H2,22,25). The van der Waals surface area contributed by atoms with Crippen molar-refractivity contribution in [3.05, 3.63) is 71.4 Å². The number of benzene rings is 2. The van der Waals surface area contributed by atoms with E-state index in [4.69, 9.17) is 10.8 Å². The zero-order valence-electron chi connectivity index (χ0n) is 14.7. The van der Waals surface area contributed by atoms with Crippen LogP contribution in [0.4, 0.5) is 0 Å². The predicted molar refractivity (Wildman–Crippen MR) is 101 cm³/mol. The Balaban J connectivity index is 2.09. The lowest BCUT2D eigenvalue weighted by molar-refractivity contribution is 0.100. The van der Waals surface area contributed by atoms with Gasteiger partial charge in [-0.25, -0.2) is 4.68 Å². The van der Waals surface area contributed by atoms with Gasteiger partial charge >= 0.3 is 0 Å². The number of hydrogen-bond donors (Lipinski definition) is 1. The van der Waals surface area contributed by atoms with Crippen molar-refractivity contribution in [2.45, 2.75) is 33.1 Å². The minimum atomic E-state index is -0.413. The Kier molecular flexibility index (Phi) is 4.98. The van der Waals surface area contributed by atoms with Crippen molar-refractivity contribution in [3.8, 4) is 16.9 Å². The molecule has 0 atom stereocenters. The van der Waals surface area contributed by atoms with Crippen molar-refractivity contribution in [3.63, 3.8) is 0 Å². The van der Waals surface area contributed by atoms with E-state index in [9.17, 15) is 4.79 Å². The fourth-order valence-corrected chi connectivity index (χ4v) is 3.03. The van der Waals surface area contributed by atoms with Crippen LogP contribution in [0.2, 0.25) is 0 Å². The SMILES string of the molecule is CCCCc1c(-c2ccc(C(N)=O)cc2)nn(-c2ccccc2)c1C. The molecule has 0 fully saturated rings. The molecule has 25 heavy (non-hydrogen) atoms. The average molecular weight is 333 g/mol. The molecule has 0 saturated heterocycles. The number of aromatic nitrogens is 2. The van der Waals surface area contributed by atoms with Crippen LogP contribution >= 0.6 is 0 Å². The summed E-state index contributed by atoms with van der Waals surface area (Å²) in [7, 11) is 0. The van der Waals surface area contributed by atoms with E-state index in [-0.39, 0.29) is 0 Å². The molecular weight excluding hydrogens is 310 g/mol. The number of primary amides is 1. The maximum atomic E-state index is 11.3. The molecule has 3 aromatic rings. The molecule has 0 aliphatic rings. The number of nitrogens with zero attached hydrogens (tertiary/aromatic N) is 2. The summed E-state index contributed by atoms with van der Waals surface area (Å²) in [5.41, 5.74) is 11.3. The summed E-state index contributed by atoms with van der Waals surface area (Å²) in [6, 6.07) is 17.5. The summed E-state index contributed by atoms with van der Waals surface area (Å²) in [4.78, 5) is 11.3. The predicted octanol–water partition coefficient (Wildman–Crippen LogP) is 4.29. The second-order valence-corrected chi connectivity index (χ2v) is 6.21. The van der Waals surface area contributed by atoms with Crippen molar-refractivity contribution in [1.29, 1.82) is 0 Å². The van der Waals surface area contributed by atoms with Gasteiger partial charge in [0.1, 0.15) is 0 Å². The molecule has 0 aliphatic heterocycles. The molecule has 128 valence electrons. The molecule has 1 amide bonds. The summed E-state index contributed by atoms with van der Waals surface area (Å²) < 4.78 is 2.00. The number of hydrogen-bond acceptors (Lipinski definition) is 2. The molecule has 4 nitrogen and oxygen atoms in total. The highest BCUT2D eigenvalue weighted by atomic mass is 16.1. The quantitative estimate of drug-likeness (QED) is 0.731. The molecule has 4 heteroatoms. The summed E-state index contributed by atoms with van der Waals surface area (Å²) in [5, 5.41) is 4.88. The number of para-hydroxylation sites is 1. The van der Waals surface area contributed by atoms with Crippen LogP contribution in [0.5, 0.6) is 0 Å².